The number of carbonyl (C=O) groups is 1. The number of halogens is 1. The molecule has 21 heavy (non-hydrogen) atoms. The molecule has 0 fully saturated rings. The van der Waals surface area contributed by atoms with Gasteiger partial charge in [0.1, 0.15) is 5.02 Å². The van der Waals surface area contributed by atoms with Crippen molar-refractivity contribution >= 4 is 23.1 Å². The maximum Gasteiger partial charge on any atom is 0.287 e. The molecule has 0 saturated heterocycles. The van der Waals surface area contributed by atoms with E-state index in [1.807, 2.05) is 24.3 Å². The lowest BCUT2D eigenvalue weighted by Crippen LogP contribution is -2.20. The molecule has 1 aliphatic carbocycles. The van der Waals surface area contributed by atoms with Gasteiger partial charge < -0.3 is 0 Å². The van der Waals surface area contributed by atoms with Gasteiger partial charge in [0.15, 0.2) is 5.78 Å². The molecule has 2 aromatic rings. The van der Waals surface area contributed by atoms with E-state index < -0.39 is 4.92 Å². The minimum atomic E-state index is -0.524. The Hall–Kier alpha value is -2.20. The van der Waals surface area contributed by atoms with E-state index in [4.69, 9.17) is 11.6 Å². The van der Waals surface area contributed by atoms with E-state index in [1.54, 1.807) is 6.07 Å². The summed E-state index contributed by atoms with van der Waals surface area (Å²) in [5, 5.41) is 10.9. The van der Waals surface area contributed by atoms with Crippen LogP contribution in [-0.2, 0) is 6.42 Å². The van der Waals surface area contributed by atoms with Gasteiger partial charge in [0.25, 0.3) is 5.69 Å². The molecule has 0 heterocycles. The number of nitro benzene ring substituents is 1. The molecular formula is C16H12ClNO3. The second kappa shape index (κ2) is 5.30. The molecule has 2 aromatic carbocycles. The van der Waals surface area contributed by atoms with Crippen molar-refractivity contribution in [3.8, 4) is 0 Å². The average molecular weight is 302 g/mol. The largest absolute Gasteiger partial charge is 0.293 e. The number of nitro groups is 1. The lowest BCUT2D eigenvalue weighted by Gasteiger charge is -2.23. The predicted octanol–water partition coefficient (Wildman–Crippen LogP) is 4.16. The number of rotatable bonds is 2. The Morgan fingerprint density at radius 1 is 1.19 bits per heavy atom. The van der Waals surface area contributed by atoms with Crippen molar-refractivity contribution in [2.45, 2.75) is 18.8 Å². The zero-order chi connectivity index (χ0) is 15.0. The van der Waals surface area contributed by atoms with E-state index in [0.29, 0.717) is 6.42 Å². The highest BCUT2D eigenvalue weighted by Crippen LogP contribution is 2.35. The van der Waals surface area contributed by atoms with Gasteiger partial charge in [0.05, 0.1) is 4.92 Å². The molecule has 1 atom stereocenters. The quantitative estimate of drug-likeness (QED) is 0.618. The lowest BCUT2D eigenvalue weighted by atomic mass is 9.79. The van der Waals surface area contributed by atoms with E-state index >= 15 is 0 Å². The summed E-state index contributed by atoms with van der Waals surface area (Å²) < 4.78 is 0. The number of benzene rings is 2. The number of nitrogens with zero attached hydrogens (tertiary/aromatic N) is 1. The van der Waals surface area contributed by atoms with Crippen LogP contribution >= 0.6 is 11.6 Å². The van der Waals surface area contributed by atoms with Crippen LogP contribution in [0.25, 0.3) is 0 Å². The number of aryl methyl sites for hydroxylation is 1. The van der Waals surface area contributed by atoms with Crippen molar-refractivity contribution in [1.82, 2.24) is 0 Å². The molecule has 0 radical (unpaired) electrons. The van der Waals surface area contributed by atoms with Crippen LogP contribution in [0.5, 0.6) is 0 Å². The molecule has 0 aliphatic heterocycles. The number of ketones is 1. The van der Waals surface area contributed by atoms with E-state index in [9.17, 15) is 14.9 Å². The van der Waals surface area contributed by atoms with Crippen molar-refractivity contribution < 1.29 is 9.72 Å². The highest BCUT2D eigenvalue weighted by molar-refractivity contribution is 6.32. The third-order valence-electron chi connectivity index (χ3n) is 3.87. The SMILES string of the molecule is O=C1c2ccccc2CC[C@H]1c1ccc([N+](=O)[O-])c(Cl)c1. The molecule has 0 amide bonds. The Morgan fingerprint density at radius 2 is 1.95 bits per heavy atom. The van der Waals surface area contributed by atoms with Crippen LogP contribution in [0.4, 0.5) is 5.69 Å². The third-order valence-corrected chi connectivity index (χ3v) is 4.18. The van der Waals surface area contributed by atoms with Gasteiger partial charge in [0.2, 0.25) is 0 Å². The smallest absolute Gasteiger partial charge is 0.287 e. The maximum absolute atomic E-state index is 12.6. The second-order valence-corrected chi connectivity index (χ2v) is 5.49. The average Bonchev–Trinajstić information content (AvgIpc) is 2.47. The molecular weight excluding hydrogens is 290 g/mol. The summed E-state index contributed by atoms with van der Waals surface area (Å²) in [5.74, 6) is -0.222. The van der Waals surface area contributed by atoms with Crippen LogP contribution in [0.1, 0.15) is 33.8 Å². The Balaban J connectivity index is 1.97. The molecule has 0 saturated carbocycles. The van der Waals surface area contributed by atoms with Crippen LogP contribution in [0.15, 0.2) is 42.5 Å². The topological polar surface area (TPSA) is 60.2 Å². The van der Waals surface area contributed by atoms with Crippen LogP contribution < -0.4 is 0 Å². The van der Waals surface area contributed by atoms with E-state index in [1.165, 1.54) is 12.1 Å². The lowest BCUT2D eigenvalue weighted by molar-refractivity contribution is -0.384. The first-order valence-corrected chi connectivity index (χ1v) is 7.01. The molecule has 0 spiro atoms. The van der Waals surface area contributed by atoms with Gasteiger partial charge in [-0.05, 0) is 30.0 Å². The zero-order valence-electron chi connectivity index (χ0n) is 11.1. The molecule has 4 nitrogen and oxygen atoms in total. The Bertz CT molecular complexity index is 742. The fourth-order valence-corrected chi connectivity index (χ4v) is 3.06. The van der Waals surface area contributed by atoms with Crippen molar-refractivity contribution in [1.29, 1.82) is 0 Å². The van der Waals surface area contributed by atoms with Gasteiger partial charge in [0, 0.05) is 17.5 Å². The normalized spacial score (nSPS) is 17.4. The molecule has 1 aliphatic rings. The standard InChI is InChI=1S/C16H12ClNO3/c17-14-9-11(6-8-15(14)18(20)21)13-7-5-10-3-1-2-4-12(10)16(13)19/h1-4,6,8-9,13H,5,7H2/t13-/m0/s1. The summed E-state index contributed by atoms with van der Waals surface area (Å²) in [4.78, 5) is 22.8. The summed E-state index contributed by atoms with van der Waals surface area (Å²) in [7, 11) is 0. The first kappa shape index (κ1) is 13.8. The van der Waals surface area contributed by atoms with Crippen molar-refractivity contribution in [2.75, 3.05) is 0 Å². The third kappa shape index (κ3) is 2.43. The van der Waals surface area contributed by atoms with Gasteiger partial charge in [-0.1, -0.05) is 41.9 Å². The summed E-state index contributed by atoms with van der Waals surface area (Å²) in [5.41, 5.74) is 2.41. The van der Waals surface area contributed by atoms with Gasteiger partial charge in [-0.3, -0.25) is 14.9 Å². The molecule has 0 unspecified atom stereocenters. The molecule has 0 N–H and O–H groups in total. The van der Waals surface area contributed by atoms with Crippen molar-refractivity contribution in [3.05, 3.63) is 74.3 Å². The first-order valence-electron chi connectivity index (χ1n) is 6.64. The Kier molecular flexibility index (Phi) is 3.47. The predicted molar refractivity (Wildman–Crippen MR) is 79.9 cm³/mol. The highest BCUT2D eigenvalue weighted by Gasteiger charge is 2.29. The van der Waals surface area contributed by atoms with E-state index in [-0.39, 0.29) is 22.4 Å². The number of fused-ring (bicyclic) bond motifs is 1. The second-order valence-electron chi connectivity index (χ2n) is 5.08. The summed E-state index contributed by atoms with van der Waals surface area (Å²) in [6.45, 7) is 0. The minimum Gasteiger partial charge on any atom is -0.293 e. The monoisotopic (exact) mass is 301 g/mol. The number of carbonyl (C=O) groups excluding carboxylic acids is 1. The number of hydrogen-bond donors (Lipinski definition) is 0. The van der Waals surface area contributed by atoms with Gasteiger partial charge >= 0.3 is 0 Å². The van der Waals surface area contributed by atoms with Gasteiger partial charge in [-0.2, -0.15) is 0 Å². The fraction of sp³-hybridized carbons (Fsp3) is 0.188. The van der Waals surface area contributed by atoms with Crippen molar-refractivity contribution in [2.24, 2.45) is 0 Å². The summed E-state index contributed by atoms with van der Waals surface area (Å²) in [6, 6.07) is 12.1. The fourth-order valence-electron chi connectivity index (χ4n) is 2.80. The van der Waals surface area contributed by atoms with Gasteiger partial charge in [-0.15, -0.1) is 0 Å². The van der Waals surface area contributed by atoms with Gasteiger partial charge in [-0.25, -0.2) is 0 Å². The van der Waals surface area contributed by atoms with Crippen LogP contribution in [0.3, 0.4) is 0 Å². The highest BCUT2D eigenvalue weighted by atomic mass is 35.5. The van der Waals surface area contributed by atoms with Crippen LogP contribution in [-0.4, -0.2) is 10.7 Å². The number of Topliss-reactive ketones (excluding diaryl/α,β-unsaturated/α-hetero) is 1. The van der Waals surface area contributed by atoms with Crippen LogP contribution in [0, 0.1) is 10.1 Å². The first-order chi connectivity index (χ1) is 10.1. The van der Waals surface area contributed by atoms with E-state index in [0.717, 1.165) is 23.1 Å². The molecule has 0 aromatic heterocycles. The molecule has 3 rings (SSSR count). The maximum atomic E-state index is 12.6. The molecule has 106 valence electrons. The molecule has 0 bridgehead atoms. The Labute approximate surface area is 126 Å². The zero-order valence-corrected chi connectivity index (χ0v) is 11.8. The summed E-state index contributed by atoms with van der Waals surface area (Å²) in [6.07, 6.45) is 1.52. The van der Waals surface area contributed by atoms with Crippen molar-refractivity contribution in [3.63, 3.8) is 0 Å². The number of hydrogen-bond acceptors (Lipinski definition) is 3. The summed E-state index contributed by atoms with van der Waals surface area (Å²) >= 11 is 5.94. The van der Waals surface area contributed by atoms with E-state index in [2.05, 4.69) is 0 Å². The minimum absolute atomic E-state index is 0.0572. The van der Waals surface area contributed by atoms with Crippen LogP contribution in [0.2, 0.25) is 5.02 Å². The Morgan fingerprint density at radius 3 is 2.67 bits per heavy atom. The molecule has 5 heteroatoms.